The van der Waals surface area contributed by atoms with Crippen LogP contribution in [-0.2, 0) is 0 Å². The fraction of sp³-hybridized carbons (Fsp3) is 0.149. The van der Waals surface area contributed by atoms with Crippen LogP contribution in [0.1, 0.15) is 37.2 Å². The first-order chi connectivity index (χ1) is 24.3. The zero-order chi connectivity index (χ0) is 32.3. The van der Waals surface area contributed by atoms with Gasteiger partial charge in [-0.2, -0.15) is 0 Å². The predicted octanol–water partition coefficient (Wildman–Crippen LogP) is 13.9. The summed E-state index contributed by atoms with van der Waals surface area (Å²) in [5, 5.41) is 5.21. The molecule has 2 aliphatic carbocycles. The third kappa shape index (κ3) is 4.97. The van der Waals surface area contributed by atoms with E-state index in [1.165, 1.54) is 102 Å². The molecule has 0 saturated heterocycles. The number of benzene rings is 7. The Morgan fingerprint density at radius 3 is 1.86 bits per heavy atom. The summed E-state index contributed by atoms with van der Waals surface area (Å²) in [6, 6.07) is 58.7. The summed E-state index contributed by atoms with van der Waals surface area (Å²) in [6.45, 7) is 0. The van der Waals surface area contributed by atoms with E-state index in [0.717, 1.165) is 17.8 Å². The second-order valence-corrected chi connectivity index (χ2v) is 15.2. The van der Waals surface area contributed by atoms with Crippen LogP contribution in [0, 0.1) is 11.8 Å². The van der Waals surface area contributed by atoms with Crippen molar-refractivity contribution in [3.63, 3.8) is 0 Å². The van der Waals surface area contributed by atoms with Gasteiger partial charge in [0.15, 0.2) is 0 Å². The van der Waals surface area contributed by atoms with Crippen LogP contribution in [0.4, 0.5) is 17.1 Å². The lowest BCUT2D eigenvalue weighted by Crippen LogP contribution is -2.11. The molecular formula is C47H37NS. The minimum Gasteiger partial charge on any atom is -0.310 e. The van der Waals surface area contributed by atoms with Gasteiger partial charge in [0.25, 0.3) is 0 Å². The van der Waals surface area contributed by atoms with Crippen LogP contribution in [0.25, 0.3) is 53.2 Å². The Bertz CT molecular complexity index is 2450. The van der Waals surface area contributed by atoms with Gasteiger partial charge in [-0.05, 0) is 124 Å². The molecule has 0 radical (unpaired) electrons. The number of hydrogen-bond acceptors (Lipinski definition) is 2. The average molecular weight is 648 g/mol. The van der Waals surface area contributed by atoms with Crippen LogP contribution in [0.3, 0.4) is 0 Å². The molecule has 1 heterocycles. The second-order valence-electron chi connectivity index (χ2n) is 14.1. The van der Waals surface area contributed by atoms with Crippen molar-refractivity contribution in [1.82, 2.24) is 0 Å². The maximum absolute atomic E-state index is 2.44. The third-order valence-electron chi connectivity index (χ3n) is 11.4. The van der Waals surface area contributed by atoms with Crippen LogP contribution in [0.15, 0.2) is 158 Å². The van der Waals surface area contributed by atoms with E-state index in [4.69, 9.17) is 0 Å². The van der Waals surface area contributed by atoms with E-state index < -0.39 is 0 Å². The first kappa shape index (κ1) is 28.8. The molecule has 8 aromatic rings. The van der Waals surface area contributed by atoms with Gasteiger partial charge in [0.2, 0.25) is 0 Å². The first-order valence-electron chi connectivity index (χ1n) is 17.8. The molecule has 1 aromatic heterocycles. The van der Waals surface area contributed by atoms with Crippen LogP contribution < -0.4 is 4.90 Å². The van der Waals surface area contributed by atoms with Gasteiger partial charge in [-0.1, -0.05) is 116 Å². The Morgan fingerprint density at radius 1 is 0.490 bits per heavy atom. The van der Waals surface area contributed by atoms with E-state index >= 15 is 0 Å². The van der Waals surface area contributed by atoms with Crippen LogP contribution in [-0.4, -0.2) is 0 Å². The number of hydrogen-bond donors (Lipinski definition) is 0. The summed E-state index contributed by atoms with van der Waals surface area (Å²) in [5.74, 6) is 2.56. The molecule has 2 fully saturated rings. The van der Waals surface area contributed by atoms with E-state index in [-0.39, 0.29) is 0 Å². The van der Waals surface area contributed by atoms with Gasteiger partial charge >= 0.3 is 0 Å². The Balaban J connectivity index is 1.08. The van der Waals surface area contributed by atoms with Gasteiger partial charge in [-0.3, -0.25) is 0 Å². The Hall–Kier alpha value is -5.18. The predicted molar refractivity (Wildman–Crippen MR) is 211 cm³/mol. The topological polar surface area (TPSA) is 3.24 Å². The highest BCUT2D eigenvalue weighted by molar-refractivity contribution is 7.25. The van der Waals surface area contributed by atoms with Gasteiger partial charge < -0.3 is 4.90 Å². The monoisotopic (exact) mass is 647 g/mol. The molecule has 0 aliphatic heterocycles. The summed E-state index contributed by atoms with van der Waals surface area (Å²) in [4.78, 5) is 2.44. The molecule has 10 rings (SSSR count). The standard InChI is InChI=1S/C47H37NS/c1-2-8-32(9-3-1)40-13-6-10-35-11-7-14-41(47(35)40)33-18-22-37(23-19-33)48(38-24-20-34(21-25-38)43-29-31-16-17-36(43)28-31)39-26-27-46-44(30-39)42-12-4-5-15-45(42)49-46/h1-15,18-27,30-31,36,43H,16-17,28-29H2. The van der Waals surface area contributed by atoms with Crippen molar-refractivity contribution in [2.45, 2.75) is 31.6 Å². The molecule has 236 valence electrons. The number of thiophene rings is 1. The fourth-order valence-electron chi connectivity index (χ4n) is 9.05. The Labute approximate surface area is 292 Å². The molecule has 0 amide bonds. The molecule has 3 atom stereocenters. The molecule has 3 unspecified atom stereocenters. The van der Waals surface area contributed by atoms with Crippen LogP contribution in [0.2, 0.25) is 0 Å². The zero-order valence-electron chi connectivity index (χ0n) is 27.4. The van der Waals surface area contributed by atoms with Gasteiger partial charge in [-0.25, -0.2) is 0 Å². The van der Waals surface area contributed by atoms with E-state index in [0.29, 0.717) is 0 Å². The molecule has 2 saturated carbocycles. The lowest BCUT2D eigenvalue weighted by atomic mass is 9.83. The average Bonchev–Trinajstić information content (AvgIpc) is 3.91. The van der Waals surface area contributed by atoms with Crippen LogP contribution in [0.5, 0.6) is 0 Å². The molecule has 2 bridgehead atoms. The highest BCUT2D eigenvalue weighted by Gasteiger charge is 2.40. The molecular weight excluding hydrogens is 611 g/mol. The van der Waals surface area contributed by atoms with Crippen molar-refractivity contribution in [1.29, 1.82) is 0 Å². The molecule has 49 heavy (non-hydrogen) atoms. The van der Waals surface area contributed by atoms with Gasteiger partial charge in [0.1, 0.15) is 0 Å². The van der Waals surface area contributed by atoms with E-state index in [1.54, 1.807) is 0 Å². The number of anilines is 3. The largest absolute Gasteiger partial charge is 0.310 e. The van der Waals surface area contributed by atoms with Gasteiger partial charge in [0, 0.05) is 37.2 Å². The lowest BCUT2D eigenvalue weighted by Gasteiger charge is -2.27. The highest BCUT2D eigenvalue weighted by Crippen LogP contribution is 2.53. The van der Waals surface area contributed by atoms with Crippen molar-refractivity contribution in [2.75, 3.05) is 4.90 Å². The van der Waals surface area contributed by atoms with Crippen molar-refractivity contribution >= 4 is 59.3 Å². The molecule has 0 N–H and O–H groups in total. The minimum atomic E-state index is 0.732. The summed E-state index contributed by atoms with van der Waals surface area (Å²) in [5.41, 5.74) is 10.1. The first-order valence-corrected chi connectivity index (χ1v) is 18.6. The number of fused-ring (bicyclic) bond motifs is 6. The van der Waals surface area contributed by atoms with E-state index in [1.807, 2.05) is 11.3 Å². The molecule has 0 spiro atoms. The maximum atomic E-state index is 2.44. The third-order valence-corrected chi connectivity index (χ3v) is 12.5. The molecule has 1 nitrogen and oxygen atoms in total. The normalized spacial score (nSPS) is 18.5. The van der Waals surface area contributed by atoms with E-state index in [2.05, 4.69) is 163 Å². The summed E-state index contributed by atoms with van der Waals surface area (Å²) in [7, 11) is 0. The van der Waals surface area contributed by atoms with Crippen molar-refractivity contribution in [3.8, 4) is 22.3 Å². The van der Waals surface area contributed by atoms with Crippen molar-refractivity contribution in [2.24, 2.45) is 11.8 Å². The summed E-state index contributed by atoms with van der Waals surface area (Å²) in [6.07, 6.45) is 5.66. The molecule has 7 aromatic carbocycles. The maximum Gasteiger partial charge on any atom is 0.0468 e. The number of nitrogens with zero attached hydrogens (tertiary/aromatic N) is 1. The summed E-state index contributed by atoms with van der Waals surface area (Å²) >= 11 is 1.88. The highest BCUT2D eigenvalue weighted by atomic mass is 32.1. The number of rotatable bonds is 6. The van der Waals surface area contributed by atoms with Crippen LogP contribution >= 0.6 is 11.3 Å². The zero-order valence-corrected chi connectivity index (χ0v) is 28.2. The Kier molecular flexibility index (Phi) is 6.91. The minimum absolute atomic E-state index is 0.732. The molecule has 2 aliphatic rings. The lowest BCUT2D eigenvalue weighted by molar-refractivity contribution is 0.420. The smallest absolute Gasteiger partial charge is 0.0468 e. The quantitative estimate of drug-likeness (QED) is 0.174. The second kappa shape index (κ2) is 11.8. The summed E-state index contributed by atoms with van der Waals surface area (Å²) < 4.78 is 2.67. The Morgan fingerprint density at radius 2 is 1.14 bits per heavy atom. The molecule has 2 heteroatoms. The fourth-order valence-corrected chi connectivity index (χ4v) is 10.1. The van der Waals surface area contributed by atoms with E-state index in [9.17, 15) is 0 Å². The van der Waals surface area contributed by atoms with Gasteiger partial charge in [0.05, 0.1) is 0 Å². The van der Waals surface area contributed by atoms with Gasteiger partial charge in [-0.15, -0.1) is 11.3 Å². The SMILES string of the molecule is c1ccc(-c2cccc3cccc(-c4ccc(N(c5ccc(C6CC7CCC6C7)cc5)c5ccc6sc7ccccc7c6c5)cc4)c23)cc1. The van der Waals surface area contributed by atoms with Crippen molar-refractivity contribution < 1.29 is 0 Å². The van der Waals surface area contributed by atoms with Crippen molar-refractivity contribution in [3.05, 3.63) is 163 Å².